The second-order valence-corrected chi connectivity index (χ2v) is 5.91. The molecule has 0 radical (unpaired) electrons. The van der Waals surface area contributed by atoms with Crippen LogP contribution in [0.3, 0.4) is 0 Å². The van der Waals surface area contributed by atoms with Gasteiger partial charge in [0, 0.05) is 5.56 Å². The molecule has 1 aliphatic rings. The number of hydrogen-bond acceptors (Lipinski definition) is 3. The first kappa shape index (κ1) is 13.9. The molecule has 2 atom stereocenters. The molecule has 1 N–H and O–H groups in total. The Morgan fingerprint density at radius 1 is 1.13 bits per heavy atom. The van der Waals surface area contributed by atoms with E-state index in [1.165, 1.54) is 23.5 Å². The molecule has 4 rings (SSSR count). The zero-order valence-corrected chi connectivity index (χ0v) is 12.8. The third kappa shape index (κ3) is 2.48. The maximum Gasteiger partial charge on any atom is 0.222 e. The molecule has 0 saturated carbocycles. The van der Waals surface area contributed by atoms with Gasteiger partial charge in [0.1, 0.15) is 12.1 Å². The monoisotopic (exact) mass is 308 g/mol. The first-order valence-electron chi connectivity index (χ1n) is 7.69. The van der Waals surface area contributed by atoms with Crippen LogP contribution in [0.1, 0.15) is 35.2 Å². The van der Waals surface area contributed by atoms with Crippen molar-refractivity contribution in [2.75, 3.05) is 5.32 Å². The van der Waals surface area contributed by atoms with Gasteiger partial charge < -0.3 is 5.32 Å². The van der Waals surface area contributed by atoms with Gasteiger partial charge in [0.2, 0.25) is 5.95 Å². The molecular formula is C18H17FN4. The Hall–Kier alpha value is -2.69. The molecule has 0 spiro atoms. The first-order valence-corrected chi connectivity index (χ1v) is 7.69. The quantitative estimate of drug-likeness (QED) is 0.781. The van der Waals surface area contributed by atoms with Crippen LogP contribution in [0.5, 0.6) is 0 Å². The van der Waals surface area contributed by atoms with Crippen LogP contribution in [0.4, 0.5) is 10.3 Å². The average Bonchev–Trinajstić information content (AvgIpc) is 3.04. The first-order chi connectivity index (χ1) is 11.2. The summed E-state index contributed by atoms with van der Waals surface area (Å²) in [6.45, 7) is 2.07. The predicted molar refractivity (Wildman–Crippen MR) is 86.7 cm³/mol. The highest BCUT2D eigenvalue weighted by Crippen LogP contribution is 2.37. The number of nitrogens with zero attached hydrogens (tertiary/aromatic N) is 3. The molecule has 3 aromatic rings. The summed E-state index contributed by atoms with van der Waals surface area (Å²) in [6, 6.07) is 15.2. The van der Waals surface area contributed by atoms with E-state index in [0.29, 0.717) is 11.5 Å². The van der Waals surface area contributed by atoms with Crippen LogP contribution in [-0.4, -0.2) is 14.8 Å². The summed E-state index contributed by atoms with van der Waals surface area (Å²) in [5.74, 6) is 0.471. The maximum atomic E-state index is 14.3. The molecule has 0 aliphatic carbocycles. The Morgan fingerprint density at radius 2 is 1.91 bits per heavy atom. The van der Waals surface area contributed by atoms with Crippen molar-refractivity contribution in [2.45, 2.75) is 25.4 Å². The SMILES string of the molecule is Cc1ccc([C@H]2C[C@H](c3ccccc3F)n3ncnc3N2)cc1. The van der Waals surface area contributed by atoms with Crippen molar-refractivity contribution < 1.29 is 4.39 Å². The number of benzene rings is 2. The molecule has 5 heteroatoms. The molecule has 116 valence electrons. The summed E-state index contributed by atoms with van der Waals surface area (Å²) in [5, 5.41) is 7.67. The largest absolute Gasteiger partial charge is 0.348 e. The van der Waals surface area contributed by atoms with Crippen LogP contribution < -0.4 is 5.32 Å². The fourth-order valence-corrected chi connectivity index (χ4v) is 3.14. The molecule has 2 heterocycles. The van der Waals surface area contributed by atoms with Crippen molar-refractivity contribution in [1.82, 2.24) is 14.8 Å². The summed E-state index contributed by atoms with van der Waals surface area (Å²) < 4.78 is 16.0. The molecule has 23 heavy (non-hydrogen) atoms. The molecular weight excluding hydrogens is 291 g/mol. The van der Waals surface area contributed by atoms with Gasteiger partial charge in [0.25, 0.3) is 0 Å². The van der Waals surface area contributed by atoms with Crippen molar-refractivity contribution in [3.05, 3.63) is 77.4 Å². The number of aromatic nitrogens is 3. The maximum absolute atomic E-state index is 14.3. The Balaban J connectivity index is 1.75. The smallest absolute Gasteiger partial charge is 0.222 e. The highest BCUT2D eigenvalue weighted by Gasteiger charge is 2.31. The lowest BCUT2D eigenvalue weighted by atomic mass is 9.93. The van der Waals surface area contributed by atoms with Gasteiger partial charge in [-0.2, -0.15) is 10.1 Å². The van der Waals surface area contributed by atoms with E-state index in [-0.39, 0.29) is 17.9 Å². The van der Waals surface area contributed by atoms with Crippen LogP contribution in [0.2, 0.25) is 0 Å². The van der Waals surface area contributed by atoms with E-state index in [1.807, 2.05) is 12.1 Å². The molecule has 0 saturated heterocycles. The molecule has 0 amide bonds. The van der Waals surface area contributed by atoms with Gasteiger partial charge in [0.05, 0.1) is 12.1 Å². The molecule has 0 bridgehead atoms. The summed E-state index contributed by atoms with van der Waals surface area (Å²) in [6.07, 6.45) is 2.23. The Bertz CT molecular complexity index is 825. The molecule has 1 aliphatic heterocycles. The van der Waals surface area contributed by atoms with Gasteiger partial charge in [-0.1, -0.05) is 48.0 Å². The number of nitrogens with one attached hydrogen (secondary N) is 1. The highest BCUT2D eigenvalue weighted by atomic mass is 19.1. The van der Waals surface area contributed by atoms with Crippen molar-refractivity contribution in [2.24, 2.45) is 0 Å². The second-order valence-electron chi connectivity index (χ2n) is 5.91. The topological polar surface area (TPSA) is 42.7 Å². The van der Waals surface area contributed by atoms with Gasteiger partial charge in [-0.3, -0.25) is 0 Å². The van der Waals surface area contributed by atoms with E-state index in [4.69, 9.17) is 0 Å². The summed E-state index contributed by atoms with van der Waals surface area (Å²) >= 11 is 0. The Labute approximate surface area is 134 Å². The van der Waals surface area contributed by atoms with Crippen molar-refractivity contribution in [3.63, 3.8) is 0 Å². The van der Waals surface area contributed by atoms with Gasteiger partial charge in [-0.05, 0) is 25.0 Å². The lowest BCUT2D eigenvalue weighted by Crippen LogP contribution is -2.28. The van der Waals surface area contributed by atoms with Crippen molar-refractivity contribution >= 4 is 5.95 Å². The summed E-state index contributed by atoms with van der Waals surface area (Å²) in [7, 11) is 0. The van der Waals surface area contributed by atoms with Crippen LogP contribution in [-0.2, 0) is 0 Å². The highest BCUT2D eigenvalue weighted by molar-refractivity contribution is 5.38. The van der Waals surface area contributed by atoms with E-state index in [2.05, 4.69) is 46.6 Å². The Kier molecular flexibility index (Phi) is 3.33. The third-order valence-electron chi connectivity index (χ3n) is 4.37. The zero-order chi connectivity index (χ0) is 15.8. The standard InChI is InChI=1S/C18H17FN4/c1-12-6-8-13(9-7-12)16-10-17(14-4-2-3-5-15(14)19)23-18(22-16)20-11-21-23/h2-9,11,16-17H,10H2,1H3,(H,20,21,22)/t16-,17-/m1/s1. The van der Waals surface area contributed by atoms with Crippen LogP contribution in [0.15, 0.2) is 54.9 Å². The Morgan fingerprint density at radius 3 is 2.70 bits per heavy atom. The number of aryl methyl sites for hydroxylation is 1. The summed E-state index contributed by atoms with van der Waals surface area (Å²) in [5.41, 5.74) is 3.04. The molecule has 4 nitrogen and oxygen atoms in total. The summed E-state index contributed by atoms with van der Waals surface area (Å²) in [4.78, 5) is 4.27. The van der Waals surface area contributed by atoms with Gasteiger partial charge >= 0.3 is 0 Å². The van der Waals surface area contributed by atoms with Crippen molar-refractivity contribution in [1.29, 1.82) is 0 Å². The van der Waals surface area contributed by atoms with E-state index in [9.17, 15) is 4.39 Å². The van der Waals surface area contributed by atoms with Crippen molar-refractivity contribution in [3.8, 4) is 0 Å². The van der Waals surface area contributed by atoms with Crippen LogP contribution >= 0.6 is 0 Å². The van der Waals surface area contributed by atoms with Crippen LogP contribution in [0.25, 0.3) is 0 Å². The normalized spacial score (nSPS) is 19.9. The van der Waals surface area contributed by atoms with Gasteiger partial charge in [0.15, 0.2) is 0 Å². The fourth-order valence-electron chi connectivity index (χ4n) is 3.14. The molecule has 0 fully saturated rings. The zero-order valence-electron chi connectivity index (χ0n) is 12.8. The number of halogens is 1. The lowest BCUT2D eigenvalue weighted by molar-refractivity contribution is 0.416. The number of hydrogen-bond donors (Lipinski definition) is 1. The van der Waals surface area contributed by atoms with Crippen LogP contribution in [0, 0.1) is 12.7 Å². The third-order valence-corrected chi connectivity index (χ3v) is 4.37. The van der Waals surface area contributed by atoms with E-state index < -0.39 is 0 Å². The number of rotatable bonds is 2. The number of anilines is 1. The average molecular weight is 308 g/mol. The minimum Gasteiger partial charge on any atom is -0.348 e. The van der Waals surface area contributed by atoms with Gasteiger partial charge in [-0.15, -0.1) is 0 Å². The molecule has 2 aromatic carbocycles. The van der Waals surface area contributed by atoms with E-state index in [0.717, 1.165) is 6.42 Å². The van der Waals surface area contributed by atoms with E-state index >= 15 is 0 Å². The predicted octanol–water partition coefficient (Wildman–Crippen LogP) is 3.87. The lowest BCUT2D eigenvalue weighted by Gasteiger charge is -2.32. The fraction of sp³-hybridized carbons (Fsp3) is 0.222. The minimum atomic E-state index is -0.205. The minimum absolute atomic E-state index is 0.0805. The van der Waals surface area contributed by atoms with E-state index in [1.54, 1.807) is 10.7 Å². The number of fused-ring (bicyclic) bond motifs is 1. The molecule has 1 aromatic heterocycles. The molecule has 0 unspecified atom stereocenters. The second kappa shape index (κ2) is 5.50. The van der Waals surface area contributed by atoms with Gasteiger partial charge in [-0.25, -0.2) is 9.07 Å².